The van der Waals surface area contributed by atoms with Crippen molar-refractivity contribution in [1.82, 2.24) is 10.6 Å². The molecule has 0 aromatic carbocycles. The summed E-state index contributed by atoms with van der Waals surface area (Å²) in [7, 11) is 0. The Bertz CT molecular complexity index is 537. The van der Waals surface area contributed by atoms with Crippen molar-refractivity contribution < 1.29 is 4.79 Å². The Kier molecular flexibility index (Phi) is 2.89. The molecule has 2 aliphatic rings. The molecule has 0 bridgehead atoms. The molecule has 1 fully saturated rings. The number of carbonyl (C=O) groups is 1. The van der Waals surface area contributed by atoms with Gasteiger partial charge in [0.25, 0.3) is 5.91 Å². The molecule has 0 spiro atoms. The highest BCUT2D eigenvalue weighted by atomic mass is 32.1. The monoisotopic (exact) mass is 277 g/mol. The van der Waals surface area contributed by atoms with E-state index in [1.807, 2.05) is 6.07 Å². The largest absolute Gasteiger partial charge is 0.353 e. The number of hydrogen-bond acceptors (Lipinski definition) is 4. The van der Waals surface area contributed by atoms with E-state index in [1.54, 1.807) is 11.3 Å². The van der Waals surface area contributed by atoms with Crippen LogP contribution in [0.3, 0.4) is 0 Å². The Hall–Kier alpha value is -1.36. The van der Waals surface area contributed by atoms with Crippen molar-refractivity contribution in [1.29, 1.82) is 0 Å². The maximum Gasteiger partial charge on any atom is 0.257 e. The summed E-state index contributed by atoms with van der Waals surface area (Å²) >= 11 is 1.68. The van der Waals surface area contributed by atoms with E-state index in [2.05, 4.69) is 42.5 Å². The predicted octanol–water partition coefficient (Wildman–Crippen LogP) is 2.32. The van der Waals surface area contributed by atoms with Gasteiger partial charge in [-0.25, -0.2) is 4.99 Å². The number of thiophene rings is 1. The van der Waals surface area contributed by atoms with Crippen molar-refractivity contribution in [2.45, 2.75) is 51.1 Å². The maximum atomic E-state index is 12.0. The molecule has 1 aromatic rings. The lowest BCUT2D eigenvalue weighted by molar-refractivity contribution is -0.120. The van der Waals surface area contributed by atoms with Gasteiger partial charge in [0, 0.05) is 15.8 Å². The Balaban J connectivity index is 1.79. The van der Waals surface area contributed by atoms with Gasteiger partial charge in [-0.1, -0.05) is 20.8 Å². The number of carbonyl (C=O) groups excluding carboxylic acids is 1. The van der Waals surface area contributed by atoms with E-state index in [-0.39, 0.29) is 17.4 Å². The first-order valence-corrected chi connectivity index (χ1v) is 7.50. The average Bonchev–Trinajstić information content (AvgIpc) is 2.86. The summed E-state index contributed by atoms with van der Waals surface area (Å²) in [5.74, 6) is 0.619. The van der Waals surface area contributed by atoms with Gasteiger partial charge in [-0.2, -0.15) is 0 Å². The van der Waals surface area contributed by atoms with Crippen LogP contribution < -0.4 is 10.6 Å². The lowest BCUT2D eigenvalue weighted by Gasteiger charge is -2.15. The van der Waals surface area contributed by atoms with Crippen LogP contribution in [0.4, 0.5) is 0 Å². The quantitative estimate of drug-likeness (QED) is 0.871. The van der Waals surface area contributed by atoms with Crippen molar-refractivity contribution in [2.75, 3.05) is 0 Å². The van der Waals surface area contributed by atoms with Crippen LogP contribution in [0.5, 0.6) is 0 Å². The van der Waals surface area contributed by atoms with Gasteiger partial charge in [0.2, 0.25) is 0 Å². The third-order valence-corrected chi connectivity index (χ3v) is 4.87. The fraction of sp³-hybridized carbons (Fsp3) is 0.571. The summed E-state index contributed by atoms with van der Waals surface area (Å²) in [5, 5.41) is 6.07. The topological polar surface area (TPSA) is 53.5 Å². The van der Waals surface area contributed by atoms with Gasteiger partial charge < -0.3 is 5.32 Å². The molecule has 1 aliphatic heterocycles. The zero-order chi connectivity index (χ0) is 13.6. The molecule has 2 N–H and O–H groups in total. The predicted molar refractivity (Wildman–Crippen MR) is 77.5 cm³/mol. The second-order valence-corrected chi connectivity index (χ2v) is 7.36. The molecule has 1 unspecified atom stereocenters. The number of nitrogens with zero attached hydrogens (tertiary/aromatic N) is 1. The molecular formula is C14H19N3OS. The Morgan fingerprint density at radius 3 is 2.68 bits per heavy atom. The van der Waals surface area contributed by atoms with E-state index in [0.29, 0.717) is 12.0 Å². The molecule has 1 amide bonds. The number of hydrogen-bond donors (Lipinski definition) is 2. The molecule has 102 valence electrons. The molecule has 1 atom stereocenters. The Labute approximate surface area is 117 Å². The highest BCUT2D eigenvalue weighted by Gasteiger charge is 2.32. The number of amides is 1. The third kappa shape index (κ3) is 2.66. The summed E-state index contributed by atoms with van der Waals surface area (Å²) in [6.45, 7) is 6.54. The van der Waals surface area contributed by atoms with Crippen molar-refractivity contribution in [3.63, 3.8) is 0 Å². The highest BCUT2D eigenvalue weighted by molar-refractivity contribution is 7.12. The minimum absolute atomic E-state index is 0.0227. The summed E-state index contributed by atoms with van der Waals surface area (Å²) in [6, 6.07) is 4.27. The van der Waals surface area contributed by atoms with Gasteiger partial charge in [0.1, 0.15) is 0 Å². The normalized spacial score (nSPS) is 23.2. The minimum atomic E-state index is -0.373. The van der Waals surface area contributed by atoms with Crippen LogP contribution in [0, 0.1) is 0 Å². The first-order valence-electron chi connectivity index (χ1n) is 6.69. The maximum absolute atomic E-state index is 12.0. The molecule has 2 heterocycles. The van der Waals surface area contributed by atoms with E-state index in [4.69, 9.17) is 0 Å². The molecule has 3 rings (SSSR count). The van der Waals surface area contributed by atoms with Crippen LogP contribution in [-0.4, -0.2) is 17.9 Å². The van der Waals surface area contributed by atoms with Gasteiger partial charge in [-0.3, -0.25) is 10.1 Å². The van der Waals surface area contributed by atoms with Crippen LogP contribution >= 0.6 is 11.3 Å². The lowest BCUT2D eigenvalue weighted by Crippen LogP contribution is -2.37. The van der Waals surface area contributed by atoms with Gasteiger partial charge in [-0.15, -0.1) is 11.3 Å². The number of aliphatic imine (C=N–C) groups is 1. The third-order valence-electron chi connectivity index (χ3n) is 3.30. The second-order valence-electron chi connectivity index (χ2n) is 6.24. The number of nitrogens with one attached hydrogen (secondary N) is 2. The van der Waals surface area contributed by atoms with Gasteiger partial charge in [0.15, 0.2) is 12.0 Å². The Morgan fingerprint density at radius 2 is 2.11 bits per heavy atom. The molecule has 0 saturated heterocycles. The highest BCUT2D eigenvalue weighted by Crippen LogP contribution is 2.34. The van der Waals surface area contributed by atoms with Crippen molar-refractivity contribution in [2.24, 2.45) is 4.99 Å². The van der Waals surface area contributed by atoms with E-state index < -0.39 is 0 Å². The zero-order valence-electron chi connectivity index (χ0n) is 11.5. The van der Waals surface area contributed by atoms with Crippen LogP contribution in [0.25, 0.3) is 0 Å². The molecule has 19 heavy (non-hydrogen) atoms. The molecule has 1 saturated carbocycles. The van der Waals surface area contributed by atoms with Crippen LogP contribution in [-0.2, 0) is 10.2 Å². The standard InChI is InChI=1S/C14H19N3OS/c1-14(2,3)10-7-6-9(19-10)11-12(18)17-13(16-11)15-8-4-5-8/h6-8,11H,4-5H2,1-3H3,(H2,15,16,17,18). The van der Waals surface area contributed by atoms with E-state index in [9.17, 15) is 4.79 Å². The van der Waals surface area contributed by atoms with E-state index in [0.717, 1.165) is 4.88 Å². The molecular weight excluding hydrogens is 258 g/mol. The smallest absolute Gasteiger partial charge is 0.257 e. The van der Waals surface area contributed by atoms with Gasteiger partial charge in [-0.05, 0) is 30.4 Å². The SMILES string of the molecule is CC(C)(C)c1ccc(C2N=C(NC3CC3)NC2=O)s1. The van der Waals surface area contributed by atoms with Crippen LogP contribution in [0.1, 0.15) is 49.4 Å². The minimum Gasteiger partial charge on any atom is -0.353 e. The molecule has 1 aromatic heterocycles. The molecule has 1 aliphatic carbocycles. The zero-order valence-corrected chi connectivity index (χ0v) is 12.3. The summed E-state index contributed by atoms with van der Waals surface area (Å²) in [4.78, 5) is 18.8. The number of guanidine groups is 1. The van der Waals surface area contributed by atoms with Gasteiger partial charge in [0.05, 0.1) is 0 Å². The lowest BCUT2D eigenvalue weighted by atomic mass is 9.95. The van der Waals surface area contributed by atoms with Crippen molar-refractivity contribution >= 4 is 23.2 Å². The van der Waals surface area contributed by atoms with Crippen molar-refractivity contribution in [3.05, 3.63) is 21.9 Å². The van der Waals surface area contributed by atoms with E-state index in [1.165, 1.54) is 17.7 Å². The van der Waals surface area contributed by atoms with Crippen LogP contribution in [0.2, 0.25) is 0 Å². The Morgan fingerprint density at radius 1 is 1.37 bits per heavy atom. The van der Waals surface area contributed by atoms with E-state index >= 15 is 0 Å². The van der Waals surface area contributed by atoms with Gasteiger partial charge >= 0.3 is 0 Å². The summed E-state index contributed by atoms with van der Waals surface area (Å²) < 4.78 is 0. The molecule has 5 heteroatoms. The first-order chi connectivity index (χ1) is 8.93. The van der Waals surface area contributed by atoms with Crippen LogP contribution in [0.15, 0.2) is 17.1 Å². The average molecular weight is 277 g/mol. The molecule has 0 radical (unpaired) electrons. The summed E-state index contributed by atoms with van der Waals surface area (Å²) in [5.41, 5.74) is 0.122. The number of rotatable bonds is 2. The molecule has 4 nitrogen and oxygen atoms in total. The fourth-order valence-corrected chi connectivity index (χ4v) is 3.10. The van der Waals surface area contributed by atoms with Crippen molar-refractivity contribution in [3.8, 4) is 0 Å². The first kappa shape index (κ1) is 12.7. The fourth-order valence-electron chi connectivity index (χ4n) is 2.00. The second kappa shape index (κ2) is 4.34. The summed E-state index contributed by atoms with van der Waals surface area (Å²) in [6.07, 6.45) is 2.35.